The number of hydrogen-bond acceptors (Lipinski definition) is 2. The zero-order chi connectivity index (χ0) is 43.1. The Bertz CT molecular complexity index is 3640. The number of anilines is 3. The van der Waals surface area contributed by atoms with E-state index in [1.54, 1.807) is 0 Å². The van der Waals surface area contributed by atoms with Crippen LogP contribution in [0.4, 0.5) is 21.5 Å². The molecule has 13 rings (SSSR count). The normalized spacial score (nSPS) is 14.4. The van der Waals surface area contributed by atoms with Gasteiger partial charge in [0.2, 0.25) is 0 Å². The molecule has 4 heteroatoms. The third kappa shape index (κ3) is 5.60. The Labute approximate surface area is 376 Å². The molecule has 1 aliphatic heterocycles. The molecule has 3 nitrogen and oxygen atoms in total. The molecule has 0 saturated carbocycles. The van der Waals surface area contributed by atoms with Crippen molar-refractivity contribution in [2.45, 2.75) is 5.41 Å². The maximum Gasteiger partial charge on any atom is 0.132 e. The van der Waals surface area contributed by atoms with Crippen LogP contribution in [0.2, 0.25) is 0 Å². The molecule has 0 fully saturated rings. The lowest BCUT2D eigenvalue weighted by Crippen LogP contribution is -2.32. The van der Waals surface area contributed by atoms with Gasteiger partial charge in [-0.25, -0.2) is 4.39 Å². The van der Waals surface area contributed by atoms with E-state index in [0.717, 1.165) is 89.4 Å². The summed E-state index contributed by atoms with van der Waals surface area (Å²) in [6.45, 7) is 0. The van der Waals surface area contributed by atoms with E-state index in [1.165, 1.54) is 34.4 Å². The molecule has 1 aliphatic carbocycles. The van der Waals surface area contributed by atoms with Gasteiger partial charge in [0.25, 0.3) is 0 Å². The molecule has 2 heterocycles. The number of aromatic nitrogens is 1. The van der Waals surface area contributed by atoms with E-state index in [2.05, 4.69) is 222 Å². The number of ether oxygens (including phenoxy) is 1. The molecular weight excluding hydrogens is 796 g/mol. The van der Waals surface area contributed by atoms with Gasteiger partial charge in [0.15, 0.2) is 0 Å². The lowest BCUT2D eigenvalue weighted by atomic mass is 9.65. The van der Waals surface area contributed by atoms with Crippen molar-refractivity contribution < 1.29 is 9.13 Å². The van der Waals surface area contributed by atoms with Crippen LogP contribution in [0, 0.1) is 5.82 Å². The second-order valence-corrected chi connectivity index (χ2v) is 17.0. The van der Waals surface area contributed by atoms with Crippen molar-refractivity contribution in [3.8, 4) is 50.6 Å². The Morgan fingerprint density at radius 1 is 0.369 bits per heavy atom. The molecule has 306 valence electrons. The van der Waals surface area contributed by atoms with Crippen molar-refractivity contribution in [2.24, 2.45) is 0 Å². The predicted octanol–water partition coefficient (Wildman–Crippen LogP) is 16.2. The minimum atomic E-state index is -0.709. The fraction of sp³-hybridized carbons (Fsp3) is 0.0164. The van der Waals surface area contributed by atoms with Gasteiger partial charge in [0, 0.05) is 44.6 Å². The Morgan fingerprint density at radius 2 is 0.954 bits per heavy atom. The van der Waals surface area contributed by atoms with Crippen LogP contribution >= 0.6 is 0 Å². The van der Waals surface area contributed by atoms with E-state index in [9.17, 15) is 4.39 Å². The lowest BCUT2D eigenvalue weighted by Gasteiger charge is -2.40. The third-order valence-electron chi connectivity index (χ3n) is 13.5. The first-order chi connectivity index (χ1) is 32.1. The van der Waals surface area contributed by atoms with Crippen molar-refractivity contribution in [3.05, 3.63) is 265 Å². The first-order valence-electron chi connectivity index (χ1n) is 22.1. The van der Waals surface area contributed by atoms with E-state index in [4.69, 9.17) is 4.74 Å². The fourth-order valence-corrected chi connectivity index (χ4v) is 10.8. The van der Waals surface area contributed by atoms with Crippen LogP contribution < -0.4 is 9.64 Å². The van der Waals surface area contributed by atoms with Crippen molar-refractivity contribution in [1.82, 2.24) is 4.57 Å². The highest BCUT2D eigenvalue weighted by Crippen LogP contribution is 2.63. The summed E-state index contributed by atoms with van der Waals surface area (Å²) in [5, 5.41) is 2.24. The first kappa shape index (κ1) is 37.1. The quantitative estimate of drug-likeness (QED) is 0.166. The smallest absolute Gasteiger partial charge is 0.132 e. The molecule has 65 heavy (non-hydrogen) atoms. The molecule has 0 radical (unpaired) electrons. The van der Waals surface area contributed by atoms with Gasteiger partial charge in [0.05, 0.1) is 16.4 Å². The summed E-state index contributed by atoms with van der Waals surface area (Å²) < 4.78 is 23.5. The number of halogens is 1. The molecule has 1 aromatic heterocycles. The average molecular weight is 835 g/mol. The Morgan fingerprint density at radius 3 is 1.72 bits per heavy atom. The summed E-state index contributed by atoms with van der Waals surface area (Å²) in [6, 6.07) is 83.1. The maximum absolute atomic E-state index is 14.2. The molecule has 10 aromatic carbocycles. The number of para-hydroxylation sites is 3. The van der Waals surface area contributed by atoms with Gasteiger partial charge in [-0.2, -0.15) is 0 Å². The Kier molecular flexibility index (Phi) is 8.31. The van der Waals surface area contributed by atoms with Crippen molar-refractivity contribution >= 4 is 38.9 Å². The monoisotopic (exact) mass is 834 g/mol. The third-order valence-corrected chi connectivity index (χ3v) is 13.5. The van der Waals surface area contributed by atoms with Gasteiger partial charge >= 0.3 is 0 Å². The Hall–Kier alpha value is -8.47. The van der Waals surface area contributed by atoms with Crippen LogP contribution in [0.3, 0.4) is 0 Å². The zero-order valence-corrected chi connectivity index (χ0v) is 35.2. The summed E-state index contributed by atoms with van der Waals surface area (Å²) in [5.74, 6) is 1.44. The van der Waals surface area contributed by atoms with E-state index in [1.807, 2.05) is 12.1 Å². The highest BCUT2D eigenvalue weighted by molar-refractivity contribution is 6.11. The maximum atomic E-state index is 14.2. The van der Waals surface area contributed by atoms with E-state index >= 15 is 0 Å². The number of fused-ring (bicyclic) bond motifs is 12. The summed E-state index contributed by atoms with van der Waals surface area (Å²) in [5.41, 5.74) is 17.1. The molecule has 0 N–H and O–H groups in total. The molecule has 0 saturated heterocycles. The highest BCUT2D eigenvalue weighted by atomic mass is 19.1. The number of hydrogen-bond donors (Lipinski definition) is 0. The van der Waals surface area contributed by atoms with Crippen LogP contribution in [0.25, 0.3) is 60.9 Å². The van der Waals surface area contributed by atoms with E-state index < -0.39 is 5.41 Å². The Balaban J connectivity index is 1.08. The van der Waals surface area contributed by atoms with E-state index in [0.29, 0.717) is 0 Å². The number of rotatable bonds is 6. The van der Waals surface area contributed by atoms with Crippen LogP contribution in [0.5, 0.6) is 11.5 Å². The van der Waals surface area contributed by atoms with Crippen molar-refractivity contribution in [2.75, 3.05) is 4.90 Å². The second kappa shape index (κ2) is 14.5. The molecule has 1 spiro atoms. The standard InChI is InChI=1S/C61H39FN2O/c62-42-28-30-44(31-29-42)64-57-26-14-11-23-49(57)52-36-45(33-35-58(52)64)63(43-20-8-3-9-21-43)46-32-34-48-47-22-10-12-24-53(47)61(55(48)37-46)54-25-13-15-27-59(54)65-60-39-51(41-18-6-2-7-19-41)50(38-56(60)61)40-16-4-1-5-17-40/h1-39H. The molecule has 1 unspecified atom stereocenters. The van der Waals surface area contributed by atoms with Gasteiger partial charge in [0.1, 0.15) is 17.3 Å². The van der Waals surface area contributed by atoms with Gasteiger partial charge in [-0.3, -0.25) is 0 Å². The lowest BCUT2D eigenvalue weighted by molar-refractivity contribution is 0.436. The minimum absolute atomic E-state index is 0.254. The van der Waals surface area contributed by atoms with Crippen molar-refractivity contribution in [3.63, 3.8) is 0 Å². The van der Waals surface area contributed by atoms with Crippen LogP contribution in [0.1, 0.15) is 22.3 Å². The van der Waals surface area contributed by atoms with Crippen LogP contribution in [-0.4, -0.2) is 4.57 Å². The fourth-order valence-electron chi connectivity index (χ4n) is 10.8. The minimum Gasteiger partial charge on any atom is -0.457 e. The highest BCUT2D eigenvalue weighted by Gasteiger charge is 2.51. The summed E-state index contributed by atoms with van der Waals surface area (Å²) >= 11 is 0. The van der Waals surface area contributed by atoms with Crippen LogP contribution in [-0.2, 0) is 5.41 Å². The summed E-state index contributed by atoms with van der Waals surface area (Å²) in [7, 11) is 0. The summed E-state index contributed by atoms with van der Waals surface area (Å²) in [4.78, 5) is 2.38. The van der Waals surface area contributed by atoms with Gasteiger partial charge in [-0.1, -0.05) is 146 Å². The number of benzene rings is 10. The largest absolute Gasteiger partial charge is 0.457 e. The zero-order valence-electron chi connectivity index (χ0n) is 35.2. The SMILES string of the molecule is Fc1ccc(-n2c3ccccc3c3cc(N(c4ccccc4)c4ccc5c(c4)C4(c6ccccc6Oc6cc(-c7ccccc7)c(-c7ccccc7)cc64)c4ccccc4-5)ccc32)cc1. The molecule has 11 aromatic rings. The first-order valence-corrected chi connectivity index (χ1v) is 22.1. The van der Waals surface area contributed by atoms with E-state index in [-0.39, 0.29) is 5.82 Å². The molecule has 0 amide bonds. The second-order valence-electron chi connectivity index (χ2n) is 17.0. The van der Waals surface area contributed by atoms with Gasteiger partial charge < -0.3 is 14.2 Å². The summed E-state index contributed by atoms with van der Waals surface area (Å²) in [6.07, 6.45) is 0. The van der Waals surface area contributed by atoms with Crippen molar-refractivity contribution in [1.29, 1.82) is 0 Å². The molecule has 0 bridgehead atoms. The van der Waals surface area contributed by atoms with Gasteiger partial charge in [-0.05, 0) is 136 Å². The van der Waals surface area contributed by atoms with Gasteiger partial charge in [-0.15, -0.1) is 0 Å². The molecule has 2 aliphatic rings. The topological polar surface area (TPSA) is 17.4 Å². The predicted molar refractivity (Wildman–Crippen MR) is 264 cm³/mol. The molecular formula is C61H39FN2O. The molecule has 1 atom stereocenters. The van der Waals surface area contributed by atoms with Crippen LogP contribution in [0.15, 0.2) is 237 Å². The average Bonchev–Trinajstić information content (AvgIpc) is 3.85. The number of nitrogens with zero attached hydrogens (tertiary/aromatic N) is 2.